The van der Waals surface area contributed by atoms with Crippen molar-refractivity contribution < 1.29 is 31.8 Å². The molecule has 7 heteroatoms. The average Bonchev–Trinajstić information content (AvgIpc) is 2.77. The van der Waals surface area contributed by atoms with Crippen LogP contribution in [-0.2, 0) is 19.4 Å². The summed E-state index contributed by atoms with van der Waals surface area (Å²) in [6, 6.07) is 9.21. The predicted octanol–water partition coefficient (Wildman–Crippen LogP) is 6.87. The van der Waals surface area contributed by atoms with E-state index in [1.807, 2.05) is 13.0 Å². The minimum absolute atomic E-state index is 0.132. The molecule has 0 radical (unpaired) electrons. The molecule has 3 nitrogen and oxygen atoms in total. The van der Waals surface area contributed by atoms with Crippen molar-refractivity contribution in [3.05, 3.63) is 81.9 Å². The maximum atomic E-state index is 15.1. The number of fused-ring (bicyclic) bond motifs is 2. The highest BCUT2D eigenvalue weighted by molar-refractivity contribution is 5.55. The summed E-state index contributed by atoms with van der Waals surface area (Å²) in [5, 5.41) is 0. The second kappa shape index (κ2) is 9.10. The Morgan fingerprint density at radius 1 is 0.812 bits per heavy atom. The lowest BCUT2D eigenvalue weighted by molar-refractivity contribution is 0.277. The molecule has 4 rings (SSSR count). The summed E-state index contributed by atoms with van der Waals surface area (Å²) in [6.07, 6.45) is 1.79. The molecule has 0 amide bonds. The molecule has 0 spiro atoms. The summed E-state index contributed by atoms with van der Waals surface area (Å²) in [7, 11) is 0. The van der Waals surface area contributed by atoms with Gasteiger partial charge in [-0.3, -0.25) is 0 Å². The van der Waals surface area contributed by atoms with Crippen LogP contribution in [0.15, 0.2) is 36.4 Å². The van der Waals surface area contributed by atoms with E-state index in [0.717, 1.165) is 18.4 Å². The maximum absolute atomic E-state index is 15.1. The van der Waals surface area contributed by atoms with Gasteiger partial charge in [0.25, 0.3) is 0 Å². The van der Waals surface area contributed by atoms with Crippen molar-refractivity contribution in [3.8, 4) is 23.0 Å². The quantitative estimate of drug-likeness (QED) is 0.290. The zero-order valence-corrected chi connectivity index (χ0v) is 17.7. The van der Waals surface area contributed by atoms with Crippen molar-refractivity contribution in [1.29, 1.82) is 0 Å². The zero-order chi connectivity index (χ0) is 22.8. The van der Waals surface area contributed by atoms with Crippen LogP contribution < -0.4 is 14.2 Å². The maximum Gasteiger partial charge on any atom is 0.207 e. The van der Waals surface area contributed by atoms with Crippen LogP contribution in [0.25, 0.3) is 0 Å². The van der Waals surface area contributed by atoms with Gasteiger partial charge < -0.3 is 14.2 Å². The molecule has 0 atom stereocenters. The summed E-state index contributed by atoms with van der Waals surface area (Å²) in [5.41, 5.74) is 1.96. The molecule has 1 heterocycles. The third-order valence-corrected chi connectivity index (χ3v) is 5.27. The second-order valence-electron chi connectivity index (χ2n) is 7.53. The number of rotatable bonds is 7. The number of hydrogen-bond donors (Lipinski definition) is 0. The Labute approximate surface area is 183 Å². The van der Waals surface area contributed by atoms with Gasteiger partial charge in [-0.25, -0.2) is 4.39 Å². The highest BCUT2D eigenvalue weighted by Crippen LogP contribution is 2.44. The molecule has 0 N–H and O–H groups in total. The van der Waals surface area contributed by atoms with E-state index in [2.05, 4.69) is 0 Å². The summed E-state index contributed by atoms with van der Waals surface area (Å²) < 4.78 is 74.1. The van der Waals surface area contributed by atoms with Gasteiger partial charge in [0.05, 0.1) is 6.61 Å². The van der Waals surface area contributed by atoms with Gasteiger partial charge in [0.15, 0.2) is 23.0 Å². The van der Waals surface area contributed by atoms with Crippen LogP contribution >= 0.6 is 0 Å². The van der Waals surface area contributed by atoms with E-state index in [0.29, 0.717) is 11.1 Å². The molecule has 3 aromatic carbocycles. The molecule has 0 unspecified atom stereocenters. The number of benzene rings is 3. The zero-order valence-electron chi connectivity index (χ0n) is 17.7. The van der Waals surface area contributed by atoms with Gasteiger partial charge in [0, 0.05) is 23.1 Å². The van der Waals surface area contributed by atoms with Crippen molar-refractivity contribution in [1.82, 2.24) is 0 Å². The number of aryl methyl sites for hydroxylation is 1. The molecule has 0 aliphatic carbocycles. The first-order chi connectivity index (χ1) is 15.4. The molecule has 0 bridgehead atoms. The highest BCUT2D eigenvalue weighted by Gasteiger charge is 2.29. The lowest BCUT2D eigenvalue weighted by Gasteiger charge is -2.23. The monoisotopic (exact) mass is 446 g/mol. The van der Waals surface area contributed by atoms with Gasteiger partial charge >= 0.3 is 0 Å². The van der Waals surface area contributed by atoms with Crippen LogP contribution in [0.3, 0.4) is 0 Å². The number of hydrogen-bond acceptors (Lipinski definition) is 3. The fraction of sp³-hybridized carbons (Fsp3) is 0.280. The van der Waals surface area contributed by atoms with Crippen molar-refractivity contribution >= 4 is 0 Å². The van der Waals surface area contributed by atoms with Crippen LogP contribution in [0.1, 0.15) is 42.5 Å². The molecule has 0 aromatic heterocycles. The highest BCUT2D eigenvalue weighted by atomic mass is 19.2. The molecule has 0 saturated carbocycles. The molecule has 32 heavy (non-hydrogen) atoms. The first-order valence-electron chi connectivity index (χ1n) is 10.5. The Balaban J connectivity index is 1.57. The Bertz CT molecular complexity index is 1160. The van der Waals surface area contributed by atoms with Crippen LogP contribution in [0.2, 0.25) is 0 Å². The SMILES string of the molecule is CCCc1ccc(COc2ccc3c(c2F)Oc2c(cc(OCC)c(F)c2F)C3)c(F)c1. The van der Waals surface area contributed by atoms with Gasteiger partial charge in [-0.15, -0.1) is 0 Å². The van der Waals surface area contributed by atoms with E-state index in [1.165, 1.54) is 18.2 Å². The van der Waals surface area contributed by atoms with Crippen molar-refractivity contribution in [2.45, 2.75) is 39.7 Å². The van der Waals surface area contributed by atoms with E-state index in [9.17, 15) is 13.2 Å². The molecule has 3 aromatic rings. The Hall–Kier alpha value is -3.22. The third-order valence-electron chi connectivity index (χ3n) is 5.27. The van der Waals surface area contributed by atoms with Gasteiger partial charge in [0.1, 0.15) is 12.4 Å². The lowest BCUT2D eigenvalue weighted by atomic mass is 9.99. The lowest BCUT2D eigenvalue weighted by Crippen LogP contribution is -2.10. The van der Waals surface area contributed by atoms with Gasteiger partial charge in [-0.05, 0) is 37.1 Å². The fourth-order valence-corrected chi connectivity index (χ4v) is 3.69. The smallest absolute Gasteiger partial charge is 0.207 e. The minimum atomic E-state index is -1.24. The first kappa shape index (κ1) is 22.0. The van der Waals surface area contributed by atoms with E-state index in [-0.39, 0.29) is 48.2 Å². The van der Waals surface area contributed by atoms with Crippen molar-refractivity contribution in [2.75, 3.05) is 6.61 Å². The van der Waals surface area contributed by atoms with E-state index in [4.69, 9.17) is 14.2 Å². The van der Waals surface area contributed by atoms with Crippen LogP contribution in [0, 0.1) is 23.3 Å². The number of halogens is 4. The normalized spacial score (nSPS) is 12.1. The number of ether oxygens (including phenoxy) is 3. The van der Waals surface area contributed by atoms with Gasteiger partial charge in [-0.2, -0.15) is 13.2 Å². The first-order valence-corrected chi connectivity index (χ1v) is 10.5. The second-order valence-corrected chi connectivity index (χ2v) is 7.53. The van der Waals surface area contributed by atoms with Crippen molar-refractivity contribution in [3.63, 3.8) is 0 Å². The Morgan fingerprint density at radius 3 is 2.31 bits per heavy atom. The Morgan fingerprint density at radius 2 is 1.59 bits per heavy atom. The molecule has 0 saturated heterocycles. The summed E-state index contributed by atoms with van der Waals surface area (Å²) in [5.74, 6) is -4.73. The van der Waals surface area contributed by atoms with E-state index < -0.39 is 23.3 Å². The minimum Gasteiger partial charge on any atom is -0.491 e. The fourth-order valence-electron chi connectivity index (χ4n) is 3.69. The summed E-state index contributed by atoms with van der Waals surface area (Å²) in [6.45, 7) is 3.65. The molecule has 0 fully saturated rings. The topological polar surface area (TPSA) is 27.7 Å². The molecular formula is C25H22F4O3. The third kappa shape index (κ3) is 4.11. The average molecular weight is 446 g/mol. The van der Waals surface area contributed by atoms with Crippen LogP contribution in [0.4, 0.5) is 17.6 Å². The summed E-state index contributed by atoms with van der Waals surface area (Å²) in [4.78, 5) is 0. The van der Waals surface area contributed by atoms with Crippen LogP contribution in [0.5, 0.6) is 23.0 Å². The van der Waals surface area contributed by atoms with E-state index in [1.54, 1.807) is 19.1 Å². The van der Waals surface area contributed by atoms with Crippen LogP contribution in [-0.4, -0.2) is 6.61 Å². The van der Waals surface area contributed by atoms with E-state index >= 15 is 4.39 Å². The van der Waals surface area contributed by atoms with Gasteiger partial charge in [0.2, 0.25) is 17.5 Å². The predicted molar refractivity (Wildman–Crippen MR) is 112 cm³/mol. The molecule has 168 valence electrons. The molecule has 1 aliphatic heterocycles. The van der Waals surface area contributed by atoms with Crippen molar-refractivity contribution in [2.24, 2.45) is 0 Å². The molecular weight excluding hydrogens is 424 g/mol. The summed E-state index contributed by atoms with van der Waals surface area (Å²) >= 11 is 0. The standard InChI is InChI=1S/C25H22F4O3/c1-3-5-14-6-7-16(18(26)10-14)13-31-19-9-8-15-11-17-12-20(30-4-2)21(27)23(29)25(17)32-24(15)22(19)28/h6-10,12H,3-5,11,13H2,1-2H3. The molecule has 1 aliphatic rings. The Kier molecular flexibility index (Phi) is 6.26. The van der Waals surface area contributed by atoms with Gasteiger partial charge in [-0.1, -0.05) is 31.5 Å². The largest absolute Gasteiger partial charge is 0.491 e.